The van der Waals surface area contributed by atoms with Crippen molar-refractivity contribution in [3.8, 4) is 6.07 Å². The fraction of sp³-hybridized carbons (Fsp3) is 0.375. The van der Waals surface area contributed by atoms with Gasteiger partial charge in [0.05, 0.1) is 12.5 Å². The minimum absolute atomic E-state index is 0.524. The van der Waals surface area contributed by atoms with Crippen molar-refractivity contribution in [2.45, 2.75) is 32.2 Å². The number of rotatable bonds is 6. The second kappa shape index (κ2) is 6.25. The van der Waals surface area contributed by atoms with E-state index in [1.807, 2.05) is 25.1 Å². The number of anilines is 1. The summed E-state index contributed by atoms with van der Waals surface area (Å²) < 4.78 is 0. The highest BCUT2D eigenvalue weighted by atomic mass is 16.4. The van der Waals surface area contributed by atoms with E-state index in [9.17, 15) is 4.79 Å². The number of carboxylic acids is 1. The molecule has 0 radical (unpaired) electrons. The first-order valence-electron chi connectivity index (χ1n) is 6.77. The third-order valence-electron chi connectivity index (χ3n) is 3.40. The van der Waals surface area contributed by atoms with Crippen molar-refractivity contribution in [1.29, 1.82) is 5.26 Å². The first kappa shape index (κ1) is 14.1. The molecule has 1 saturated carbocycles. The molecule has 20 heavy (non-hydrogen) atoms. The van der Waals surface area contributed by atoms with Gasteiger partial charge in [-0.1, -0.05) is 6.07 Å². The molecule has 0 saturated heterocycles. The molecule has 0 bridgehead atoms. The fourth-order valence-electron chi connectivity index (χ4n) is 2.33. The Bertz CT molecular complexity index is 568. The molecule has 0 aliphatic heterocycles. The van der Waals surface area contributed by atoms with Crippen molar-refractivity contribution in [3.63, 3.8) is 0 Å². The average molecular weight is 270 g/mol. The smallest absolute Gasteiger partial charge is 0.328 e. The Hall–Kier alpha value is -2.28. The van der Waals surface area contributed by atoms with E-state index in [0.717, 1.165) is 29.4 Å². The van der Waals surface area contributed by atoms with Crippen molar-refractivity contribution in [2.75, 3.05) is 11.4 Å². The van der Waals surface area contributed by atoms with Gasteiger partial charge in [-0.2, -0.15) is 5.26 Å². The van der Waals surface area contributed by atoms with E-state index in [1.165, 1.54) is 12.8 Å². The summed E-state index contributed by atoms with van der Waals surface area (Å²) in [5.74, 6) is -0.944. The number of hydrogen-bond acceptors (Lipinski definition) is 3. The van der Waals surface area contributed by atoms with Crippen LogP contribution in [0.15, 0.2) is 24.3 Å². The summed E-state index contributed by atoms with van der Waals surface area (Å²) in [4.78, 5) is 12.8. The molecule has 0 amide bonds. The number of aryl methyl sites for hydroxylation is 1. The van der Waals surface area contributed by atoms with Gasteiger partial charge in [0.2, 0.25) is 0 Å². The van der Waals surface area contributed by atoms with Crippen molar-refractivity contribution in [1.82, 2.24) is 0 Å². The summed E-state index contributed by atoms with van der Waals surface area (Å²) in [7, 11) is 0. The van der Waals surface area contributed by atoms with Gasteiger partial charge in [0.1, 0.15) is 0 Å². The lowest BCUT2D eigenvalue weighted by molar-refractivity contribution is -0.131. The first-order chi connectivity index (χ1) is 9.61. The topological polar surface area (TPSA) is 64.3 Å². The maximum absolute atomic E-state index is 10.5. The third kappa shape index (κ3) is 3.61. The van der Waals surface area contributed by atoms with Crippen LogP contribution >= 0.6 is 0 Å². The molecule has 2 rings (SSSR count). The Morgan fingerprint density at radius 2 is 2.30 bits per heavy atom. The Balaban J connectivity index is 2.19. The number of aliphatic carboxylic acids is 1. The maximum atomic E-state index is 10.5. The van der Waals surface area contributed by atoms with Crippen molar-refractivity contribution in [3.05, 3.63) is 35.4 Å². The van der Waals surface area contributed by atoms with E-state index in [0.29, 0.717) is 12.5 Å². The van der Waals surface area contributed by atoms with Crippen LogP contribution in [0.25, 0.3) is 6.08 Å². The molecule has 0 atom stereocenters. The van der Waals surface area contributed by atoms with Gasteiger partial charge in [0, 0.05) is 24.4 Å². The zero-order valence-corrected chi connectivity index (χ0v) is 11.5. The highest BCUT2D eigenvalue weighted by Crippen LogP contribution is 2.34. The van der Waals surface area contributed by atoms with E-state index in [4.69, 9.17) is 10.4 Å². The van der Waals surface area contributed by atoms with E-state index >= 15 is 0 Å². The molecule has 4 heteroatoms. The predicted molar refractivity (Wildman–Crippen MR) is 78.4 cm³/mol. The molecule has 4 nitrogen and oxygen atoms in total. The second-order valence-corrected chi connectivity index (χ2v) is 5.05. The summed E-state index contributed by atoms with van der Waals surface area (Å²) >= 11 is 0. The van der Waals surface area contributed by atoms with Gasteiger partial charge in [0.25, 0.3) is 0 Å². The van der Waals surface area contributed by atoms with Crippen LogP contribution in [0, 0.1) is 18.3 Å². The van der Waals surface area contributed by atoms with Crippen LogP contribution in [0.5, 0.6) is 0 Å². The lowest BCUT2D eigenvalue weighted by atomic mass is 10.1. The lowest BCUT2D eigenvalue weighted by Crippen LogP contribution is -2.27. The number of carboxylic acid groups (broad SMARTS) is 1. The molecular formula is C16H18N2O2. The van der Waals surface area contributed by atoms with Crippen LogP contribution < -0.4 is 4.90 Å². The second-order valence-electron chi connectivity index (χ2n) is 5.05. The van der Waals surface area contributed by atoms with E-state index in [2.05, 4.69) is 11.0 Å². The largest absolute Gasteiger partial charge is 0.478 e. The first-order valence-corrected chi connectivity index (χ1v) is 6.77. The number of benzene rings is 1. The van der Waals surface area contributed by atoms with E-state index in [1.54, 1.807) is 6.08 Å². The molecule has 1 N–H and O–H groups in total. The van der Waals surface area contributed by atoms with Gasteiger partial charge >= 0.3 is 5.97 Å². The molecular weight excluding hydrogens is 252 g/mol. The summed E-state index contributed by atoms with van der Waals surface area (Å²) in [6.07, 6.45) is 5.63. The van der Waals surface area contributed by atoms with E-state index in [-0.39, 0.29) is 0 Å². The molecule has 0 spiro atoms. The van der Waals surface area contributed by atoms with Gasteiger partial charge in [-0.25, -0.2) is 4.79 Å². The third-order valence-corrected chi connectivity index (χ3v) is 3.40. The highest BCUT2D eigenvalue weighted by Gasteiger charge is 2.29. The molecule has 1 aliphatic rings. The molecule has 0 aromatic heterocycles. The number of carbonyl (C=O) groups is 1. The minimum atomic E-state index is -0.944. The molecule has 1 aromatic carbocycles. The standard InChI is InChI=1S/C16H18N2O2/c1-12-11-13(4-8-16(19)20)3-7-15(12)18(10-2-9-17)14-5-6-14/h3-4,7-8,11,14H,2,5-6,10H2,1H3,(H,19,20). The van der Waals surface area contributed by atoms with Crippen LogP contribution in [-0.2, 0) is 4.79 Å². The summed E-state index contributed by atoms with van der Waals surface area (Å²) in [5.41, 5.74) is 3.14. The van der Waals surface area contributed by atoms with E-state index < -0.39 is 5.97 Å². The zero-order valence-electron chi connectivity index (χ0n) is 11.5. The van der Waals surface area contributed by atoms with Crippen LogP contribution in [0.2, 0.25) is 0 Å². The van der Waals surface area contributed by atoms with Crippen LogP contribution in [0.1, 0.15) is 30.4 Å². The fourth-order valence-corrected chi connectivity index (χ4v) is 2.33. The maximum Gasteiger partial charge on any atom is 0.328 e. The van der Waals surface area contributed by atoms with Gasteiger partial charge in [0.15, 0.2) is 0 Å². The molecule has 0 heterocycles. The van der Waals surface area contributed by atoms with Crippen LogP contribution in [-0.4, -0.2) is 23.7 Å². The lowest BCUT2D eigenvalue weighted by Gasteiger charge is -2.25. The Morgan fingerprint density at radius 1 is 1.55 bits per heavy atom. The molecule has 0 unspecified atom stereocenters. The molecule has 1 aliphatic carbocycles. The zero-order chi connectivity index (χ0) is 14.5. The number of nitriles is 1. The normalized spacial score (nSPS) is 14.2. The highest BCUT2D eigenvalue weighted by molar-refractivity contribution is 5.85. The van der Waals surface area contributed by atoms with Crippen molar-refractivity contribution >= 4 is 17.7 Å². The Kier molecular flexibility index (Phi) is 4.41. The Morgan fingerprint density at radius 3 is 2.85 bits per heavy atom. The van der Waals surface area contributed by atoms with Crippen molar-refractivity contribution < 1.29 is 9.90 Å². The number of hydrogen-bond donors (Lipinski definition) is 1. The predicted octanol–water partition coefficient (Wildman–Crippen LogP) is 2.98. The monoisotopic (exact) mass is 270 g/mol. The van der Waals surface area contributed by atoms with Gasteiger partial charge in [-0.15, -0.1) is 0 Å². The van der Waals surface area contributed by atoms with Gasteiger partial charge in [-0.3, -0.25) is 0 Å². The molecule has 1 aromatic rings. The van der Waals surface area contributed by atoms with Crippen LogP contribution in [0.3, 0.4) is 0 Å². The summed E-state index contributed by atoms with van der Waals surface area (Å²) in [5, 5.41) is 17.4. The molecule has 104 valence electrons. The SMILES string of the molecule is Cc1cc(C=CC(=O)O)ccc1N(CCC#N)C1CC1. The molecule has 1 fully saturated rings. The average Bonchev–Trinajstić information content (AvgIpc) is 3.23. The summed E-state index contributed by atoms with van der Waals surface area (Å²) in [6.45, 7) is 2.78. The Labute approximate surface area is 118 Å². The summed E-state index contributed by atoms with van der Waals surface area (Å²) in [6, 6.07) is 8.68. The van der Waals surface area contributed by atoms with Crippen molar-refractivity contribution in [2.24, 2.45) is 0 Å². The van der Waals surface area contributed by atoms with Crippen LogP contribution in [0.4, 0.5) is 5.69 Å². The van der Waals surface area contributed by atoms with Gasteiger partial charge < -0.3 is 10.0 Å². The van der Waals surface area contributed by atoms with Gasteiger partial charge in [-0.05, 0) is 49.1 Å². The number of nitrogens with zero attached hydrogens (tertiary/aromatic N) is 2. The minimum Gasteiger partial charge on any atom is -0.478 e. The quantitative estimate of drug-likeness (QED) is 0.807.